The molecule has 0 saturated carbocycles. The van der Waals surface area contributed by atoms with Gasteiger partial charge >= 0.3 is 0 Å². The van der Waals surface area contributed by atoms with E-state index < -0.39 is 0 Å². The fourth-order valence-electron chi connectivity index (χ4n) is 2.20. The van der Waals surface area contributed by atoms with Crippen LogP contribution in [0, 0.1) is 0 Å². The molecule has 1 rings (SSSR count). The zero-order chi connectivity index (χ0) is 15.0. The molecule has 0 amide bonds. The van der Waals surface area contributed by atoms with Crippen LogP contribution in [0.15, 0.2) is 0 Å². The molecule has 21 heavy (non-hydrogen) atoms. The Bertz CT molecular complexity index is 210. The summed E-state index contributed by atoms with van der Waals surface area (Å²) in [5.74, 6) is 0. The SMILES string of the molecule is CCCCOCCOCCOCCOCC1CCCCN1. The lowest BCUT2D eigenvalue weighted by molar-refractivity contribution is -0.00500. The van der Waals surface area contributed by atoms with E-state index in [0.29, 0.717) is 45.7 Å². The van der Waals surface area contributed by atoms with Crippen molar-refractivity contribution in [3.8, 4) is 0 Å². The van der Waals surface area contributed by atoms with E-state index >= 15 is 0 Å². The average Bonchev–Trinajstić information content (AvgIpc) is 2.53. The molecule has 0 aromatic heterocycles. The van der Waals surface area contributed by atoms with Crippen LogP contribution in [0.3, 0.4) is 0 Å². The maximum absolute atomic E-state index is 5.61. The highest BCUT2D eigenvalue weighted by molar-refractivity contribution is 4.71. The lowest BCUT2D eigenvalue weighted by Crippen LogP contribution is -2.37. The summed E-state index contributed by atoms with van der Waals surface area (Å²) in [6, 6.07) is 0.537. The maximum atomic E-state index is 5.61. The Morgan fingerprint density at radius 1 is 0.810 bits per heavy atom. The highest BCUT2D eigenvalue weighted by atomic mass is 16.6. The average molecular weight is 303 g/mol. The third kappa shape index (κ3) is 12.1. The molecule has 126 valence electrons. The molecule has 0 radical (unpaired) electrons. The van der Waals surface area contributed by atoms with Crippen molar-refractivity contribution in [3.05, 3.63) is 0 Å². The molecular formula is C16H33NO4. The van der Waals surface area contributed by atoms with Gasteiger partial charge in [-0.2, -0.15) is 0 Å². The van der Waals surface area contributed by atoms with Crippen LogP contribution in [-0.4, -0.2) is 65.4 Å². The van der Waals surface area contributed by atoms with E-state index in [2.05, 4.69) is 12.2 Å². The van der Waals surface area contributed by atoms with Gasteiger partial charge in [-0.15, -0.1) is 0 Å². The number of nitrogens with one attached hydrogen (secondary N) is 1. The van der Waals surface area contributed by atoms with Crippen molar-refractivity contribution in [1.82, 2.24) is 5.32 Å². The first kappa shape index (κ1) is 18.8. The zero-order valence-corrected chi connectivity index (χ0v) is 13.6. The number of piperidine rings is 1. The zero-order valence-electron chi connectivity index (χ0n) is 13.6. The topological polar surface area (TPSA) is 49.0 Å². The number of unbranched alkanes of at least 4 members (excludes halogenated alkanes) is 1. The molecule has 1 saturated heterocycles. The van der Waals surface area contributed by atoms with Crippen LogP contribution in [0.5, 0.6) is 0 Å². The van der Waals surface area contributed by atoms with Crippen LogP contribution < -0.4 is 5.32 Å². The predicted molar refractivity (Wildman–Crippen MR) is 83.8 cm³/mol. The number of rotatable bonds is 14. The van der Waals surface area contributed by atoms with Crippen molar-refractivity contribution in [2.24, 2.45) is 0 Å². The molecule has 1 aliphatic heterocycles. The monoisotopic (exact) mass is 303 g/mol. The Hall–Kier alpha value is -0.200. The van der Waals surface area contributed by atoms with E-state index in [1.807, 2.05) is 0 Å². The van der Waals surface area contributed by atoms with E-state index in [1.165, 1.54) is 25.7 Å². The minimum atomic E-state index is 0.537. The van der Waals surface area contributed by atoms with E-state index in [-0.39, 0.29) is 0 Å². The highest BCUT2D eigenvalue weighted by Gasteiger charge is 2.11. The van der Waals surface area contributed by atoms with Crippen molar-refractivity contribution in [1.29, 1.82) is 0 Å². The Balaban J connectivity index is 1.69. The molecule has 0 spiro atoms. The molecule has 0 aromatic carbocycles. The minimum absolute atomic E-state index is 0.537. The summed E-state index contributed by atoms with van der Waals surface area (Å²) in [4.78, 5) is 0. The van der Waals surface area contributed by atoms with Crippen molar-refractivity contribution in [2.45, 2.75) is 45.1 Å². The molecule has 5 nitrogen and oxygen atoms in total. The normalized spacial score (nSPS) is 19.0. The lowest BCUT2D eigenvalue weighted by Gasteiger charge is -2.23. The van der Waals surface area contributed by atoms with Gasteiger partial charge in [0.1, 0.15) is 0 Å². The molecule has 1 fully saturated rings. The molecule has 1 unspecified atom stereocenters. The molecule has 5 heteroatoms. The molecule has 0 bridgehead atoms. The third-order valence-electron chi connectivity index (χ3n) is 3.49. The summed E-state index contributed by atoms with van der Waals surface area (Å²) in [5.41, 5.74) is 0. The Morgan fingerprint density at radius 2 is 1.43 bits per heavy atom. The maximum Gasteiger partial charge on any atom is 0.0701 e. The molecule has 1 heterocycles. The fourth-order valence-corrected chi connectivity index (χ4v) is 2.20. The second kappa shape index (κ2) is 14.7. The van der Waals surface area contributed by atoms with Crippen LogP contribution >= 0.6 is 0 Å². The van der Waals surface area contributed by atoms with Crippen LogP contribution in [0.1, 0.15) is 39.0 Å². The van der Waals surface area contributed by atoms with Crippen molar-refractivity contribution >= 4 is 0 Å². The molecule has 0 aromatic rings. The summed E-state index contributed by atoms with van der Waals surface area (Å²) in [6.45, 7) is 8.81. The summed E-state index contributed by atoms with van der Waals surface area (Å²) >= 11 is 0. The Labute approximate surface area is 129 Å². The largest absolute Gasteiger partial charge is 0.379 e. The Morgan fingerprint density at radius 3 is 2.00 bits per heavy atom. The minimum Gasteiger partial charge on any atom is -0.379 e. The number of ether oxygens (including phenoxy) is 4. The molecule has 1 atom stereocenters. The summed E-state index contributed by atoms with van der Waals surface area (Å²) in [7, 11) is 0. The molecule has 0 aliphatic carbocycles. The van der Waals surface area contributed by atoms with Crippen LogP contribution in [-0.2, 0) is 18.9 Å². The van der Waals surface area contributed by atoms with E-state index in [1.54, 1.807) is 0 Å². The van der Waals surface area contributed by atoms with Crippen molar-refractivity contribution < 1.29 is 18.9 Å². The number of hydrogen-bond acceptors (Lipinski definition) is 5. The molecule has 1 aliphatic rings. The second-order valence-corrected chi connectivity index (χ2v) is 5.41. The first-order valence-corrected chi connectivity index (χ1v) is 8.48. The molecular weight excluding hydrogens is 270 g/mol. The van der Waals surface area contributed by atoms with Gasteiger partial charge in [0.25, 0.3) is 0 Å². The van der Waals surface area contributed by atoms with Gasteiger partial charge in [-0.25, -0.2) is 0 Å². The third-order valence-corrected chi connectivity index (χ3v) is 3.49. The Kier molecular flexibility index (Phi) is 13.2. The summed E-state index contributed by atoms with van der Waals surface area (Å²) in [6.07, 6.45) is 6.14. The van der Waals surface area contributed by atoms with Crippen molar-refractivity contribution in [3.63, 3.8) is 0 Å². The van der Waals surface area contributed by atoms with Gasteiger partial charge in [-0.3, -0.25) is 0 Å². The predicted octanol–water partition coefficient (Wildman–Crippen LogP) is 1.99. The smallest absolute Gasteiger partial charge is 0.0701 e. The van der Waals surface area contributed by atoms with Gasteiger partial charge in [0, 0.05) is 12.6 Å². The lowest BCUT2D eigenvalue weighted by atomic mass is 10.1. The van der Waals surface area contributed by atoms with Gasteiger partial charge in [0.15, 0.2) is 0 Å². The van der Waals surface area contributed by atoms with E-state index in [0.717, 1.165) is 26.2 Å². The van der Waals surface area contributed by atoms with Gasteiger partial charge in [0.2, 0.25) is 0 Å². The van der Waals surface area contributed by atoms with Crippen LogP contribution in [0.25, 0.3) is 0 Å². The second-order valence-electron chi connectivity index (χ2n) is 5.41. The summed E-state index contributed by atoms with van der Waals surface area (Å²) in [5, 5.41) is 3.46. The van der Waals surface area contributed by atoms with E-state index in [4.69, 9.17) is 18.9 Å². The van der Waals surface area contributed by atoms with Gasteiger partial charge in [0.05, 0.1) is 46.2 Å². The first-order chi connectivity index (χ1) is 10.4. The van der Waals surface area contributed by atoms with Crippen LogP contribution in [0.4, 0.5) is 0 Å². The van der Waals surface area contributed by atoms with Gasteiger partial charge in [-0.1, -0.05) is 19.8 Å². The fraction of sp³-hybridized carbons (Fsp3) is 1.00. The molecule has 1 N–H and O–H groups in total. The highest BCUT2D eigenvalue weighted by Crippen LogP contribution is 2.06. The van der Waals surface area contributed by atoms with Gasteiger partial charge in [-0.05, 0) is 25.8 Å². The van der Waals surface area contributed by atoms with E-state index in [9.17, 15) is 0 Å². The van der Waals surface area contributed by atoms with Crippen LogP contribution in [0.2, 0.25) is 0 Å². The number of hydrogen-bond donors (Lipinski definition) is 1. The van der Waals surface area contributed by atoms with Gasteiger partial charge < -0.3 is 24.3 Å². The summed E-state index contributed by atoms with van der Waals surface area (Å²) < 4.78 is 21.9. The quantitative estimate of drug-likeness (QED) is 0.497. The van der Waals surface area contributed by atoms with Crippen molar-refractivity contribution in [2.75, 3.05) is 59.4 Å². The standard InChI is InChI=1S/C16H33NO4/c1-2-3-8-18-9-10-19-11-12-20-13-14-21-15-16-6-4-5-7-17-16/h16-17H,2-15H2,1H3. The first-order valence-electron chi connectivity index (χ1n) is 8.48.